The Balaban J connectivity index is 1.91. The molecule has 0 aliphatic carbocycles. The predicted octanol–water partition coefficient (Wildman–Crippen LogP) is 0.430. The molecule has 1 aliphatic heterocycles. The van der Waals surface area contributed by atoms with Gasteiger partial charge in [0.15, 0.2) is 0 Å². The van der Waals surface area contributed by atoms with Gasteiger partial charge in [-0.05, 0) is 5.56 Å². The van der Waals surface area contributed by atoms with Gasteiger partial charge in [-0.1, -0.05) is 30.3 Å². The fraction of sp³-hybridized carbons (Fsp3) is 0.467. The first-order valence-electron chi connectivity index (χ1n) is 6.91. The second kappa shape index (κ2) is 7.19. The van der Waals surface area contributed by atoms with Crippen LogP contribution in [0.15, 0.2) is 30.3 Å². The molecular weight excluding hydrogens is 272 g/mol. The third kappa shape index (κ3) is 4.54. The van der Waals surface area contributed by atoms with Crippen molar-refractivity contribution in [2.24, 2.45) is 0 Å². The molecule has 1 N–H and O–H groups in total. The quantitative estimate of drug-likeness (QED) is 0.852. The van der Waals surface area contributed by atoms with E-state index in [9.17, 15) is 9.59 Å². The minimum absolute atomic E-state index is 0.282. The van der Waals surface area contributed by atoms with Crippen LogP contribution in [0.4, 0.5) is 0 Å². The Morgan fingerprint density at radius 1 is 1.38 bits per heavy atom. The number of carboxylic acid groups (broad SMARTS) is 1. The van der Waals surface area contributed by atoms with Crippen molar-refractivity contribution in [1.82, 2.24) is 9.80 Å². The smallest absolute Gasteiger partial charge is 0.323 e. The molecule has 6 nitrogen and oxygen atoms in total. The van der Waals surface area contributed by atoms with Crippen LogP contribution >= 0.6 is 0 Å². The lowest BCUT2D eigenvalue weighted by atomic mass is 10.2. The minimum Gasteiger partial charge on any atom is -0.480 e. The van der Waals surface area contributed by atoms with E-state index in [4.69, 9.17) is 9.84 Å². The lowest BCUT2D eigenvalue weighted by molar-refractivity contribution is -0.153. The van der Waals surface area contributed by atoms with Gasteiger partial charge in [0.2, 0.25) is 0 Å². The lowest BCUT2D eigenvalue weighted by Crippen LogP contribution is -2.50. The van der Waals surface area contributed by atoms with Crippen LogP contribution in [0.1, 0.15) is 5.56 Å². The molecular formula is C15H20N2O4. The highest BCUT2D eigenvalue weighted by Crippen LogP contribution is 2.12. The van der Waals surface area contributed by atoms with E-state index in [1.165, 1.54) is 17.5 Å². The molecule has 0 spiro atoms. The Hall–Kier alpha value is -1.92. The maximum Gasteiger partial charge on any atom is 0.323 e. The SMILES string of the molecule is CN(CC(=O)O)C(=O)[C@H]1CN(Cc2ccccc2)CCO1. The van der Waals surface area contributed by atoms with Crippen LogP contribution < -0.4 is 0 Å². The number of ether oxygens (including phenoxy) is 1. The van der Waals surface area contributed by atoms with Crippen molar-refractivity contribution in [3.63, 3.8) is 0 Å². The summed E-state index contributed by atoms with van der Waals surface area (Å²) in [6, 6.07) is 10.0. The van der Waals surface area contributed by atoms with Crippen LogP contribution in [0, 0.1) is 0 Å². The number of hydrogen-bond acceptors (Lipinski definition) is 4. The van der Waals surface area contributed by atoms with Crippen molar-refractivity contribution in [3.8, 4) is 0 Å². The molecule has 1 atom stereocenters. The zero-order valence-corrected chi connectivity index (χ0v) is 12.1. The highest BCUT2D eigenvalue weighted by atomic mass is 16.5. The first-order valence-corrected chi connectivity index (χ1v) is 6.91. The largest absolute Gasteiger partial charge is 0.480 e. The predicted molar refractivity (Wildman–Crippen MR) is 76.7 cm³/mol. The standard InChI is InChI=1S/C15H20N2O4/c1-16(11-14(18)19)15(20)13-10-17(7-8-21-13)9-12-5-3-2-4-6-12/h2-6,13H,7-11H2,1H3,(H,18,19)/t13-/m1/s1. The topological polar surface area (TPSA) is 70.1 Å². The Labute approximate surface area is 123 Å². The molecule has 0 bridgehead atoms. The minimum atomic E-state index is -1.03. The molecule has 0 unspecified atom stereocenters. The average molecular weight is 292 g/mol. The number of carbonyl (C=O) groups excluding carboxylic acids is 1. The molecule has 2 rings (SSSR count). The number of amides is 1. The fourth-order valence-electron chi connectivity index (χ4n) is 2.36. The van der Waals surface area contributed by atoms with Crippen molar-refractivity contribution in [2.75, 3.05) is 33.3 Å². The highest BCUT2D eigenvalue weighted by Gasteiger charge is 2.29. The van der Waals surface area contributed by atoms with E-state index < -0.39 is 12.1 Å². The van der Waals surface area contributed by atoms with Crippen molar-refractivity contribution < 1.29 is 19.4 Å². The molecule has 1 aromatic rings. The second-order valence-corrected chi connectivity index (χ2v) is 5.17. The van der Waals surface area contributed by atoms with Crippen molar-refractivity contribution >= 4 is 11.9 Å². The van der Waals surface area contributed by atoms with E-state index in [2.05, 4.69) is 4.90 Å². The third-order valence-corrected chi connectivity index (χ3v) is 3.42. The number of rotatable bonds is 5. The van der Waals surface area contributed by atoms with Crippen LogP contribution in [-0.4, -0.2) is 66.2 Å². The molecule has 1 heterocycles. The summed E-state index contributed by atoms with van der Waals surface area (Å²) in [6.07, 6.45) is -0.591. The summed E-state index contributed by atoms with van der Waals surface area (Å²) in [4.78, 5) is 26.1. The van der Waals surface area contributed by atoms with Crippen molar-refractivity contribution in [1.29, 1.82) is 0 Å². The average Bonchev–Trinajstić information content (AvgIpc) is 2.47. The lowest BCUT2D eigenvalue weighted by Gasteiger charge is -2.33. The molecule has 1 fully saturated rings. The molecule has 0 saturated carbocycles. The van der Waals surface area contributed by atoms with Crippen molar-refractivity contribution in [2.45, 2.75) is 12.6 Å². The number of benzene rings is 1. The molecule has 114 valence electrons. The van der Waals surface area contributed by atoms with Crippen LogP contribution in [0.3, 0.4) is 0 Å². The summed E-state index contributed by atoms with van der Waals surface area (Å²) in [5, 5.41) is 8.73. The number of hydrogen-bond donors (Lipinski definition) is 1. The number of nitrogens with zero attached hydrogens (tertiary/aromatic N) is 2. The van der Waals surface area contributed by atoms with Gasteiger partial charge in [0.1, 0.15) is 12.6 Å². The number of carbonyl (C=O) groups is 2. The summed E-state index contributed by atoms with van der Waals surface area (Å²) >= 11 is 0. The fourth-order valence-corrected chi connectivity index (χ4v) is 2.36. The van der Waals surface area contributed by atoms with Crippen LogP contribution in [-0.2, 0) is 20.9 Å². The molecule has 0 radical (unpaired) electrons. The van der Waals surface area contributed by atoms with Gasteiger partial charge in [-0.15, -0.1) is 0 Å². The Kier molecular flexibility index (Phi) is 5.30. The zero-order chi connectivity index (χ0) is 15.2. The van der Waals surface area contributed by atoms with E-state index in [1.807, 2.05) is 30.3 Å². The molecule has 21 heavy (non-hydrogen) atoms. The second-order valence-electron chi connectivity index (χ2n) is 5.17. The van der Waals surface area contributed by atoms with Crippen LogP contribution in [0.5, 0.6) is 0 Å². The summed E-state index contributed by atoms with van der Waals surface area (Å²) in [5.41, 5.74) is 1.18. The molecule has 6 heteroatoms. The molecule has 1 amide bonds. The first kappa shape index (κ1) is 15.5. The van der Waals surface area contributed by atoms with Gasteiger partial charge in [-0.2, -0.15) is 0 Å². The summed E-state index contributed by atoms with van der Waals surface area (Å²) in [7, 11) is 1.48. The Bertz CT molecular complexity index is 492. The summed E-state index contributed by atoms with van der Waals surface area (Å²) < 4.78 is 5.48. The van der Waals surface area contributed by atoms with Gasteiger partial charge in [0.05, 0.1) is 6.61 Å². The number of morpholine rings is 1. The van der Waals surface area contributed by atoms with E-state index in [-0.39, 0.29) is 12.5 Å². The zero-order valence-electron chi connectivity index (χ0n) is 12.1. The normalized spacial score (nSPS) is 19.2. The number of likely N-dealkylation sites (N-methyl/N-ethyl adjacent to an activating group) is 1. The molecule has 0 aromatic heterocycles. The maximum absolute atomic E-state index is 12.1. The molecule has 1 aliphatic rings. The van der Waals surface area contributed by atoms with Crippen LogP contribution in [0.2, 0.25) is 0 Å². The Morgan fingerprint density at radius 2 is 2.10 bits per heavy atom. The van der Waals surface area contributed by atoms with Crippen LogP contribution in [0.25, 0.3) is 0 Å². The number of carboxylic acids is 1. The van der Waals surface area contributed by atoms with E-state index in [0.29, 0.717) is 13.2 Å². The molecule has 1 aromatic carbocycles. The monoisotopic (exact) mass is 292 g/mol. The molecule has 1 saturated heterocycles. The van der Waals surface area contributed by atoms with Crippen molar-refractivity contribution in [3.05, 3.63) is 35.9 Å². The first-order chi connectivity index (χ1) is 10.1. The Morgan fingerprint density at radius 3 is 2.76 bits per heavy atom. The van der Waals surface area contributed by atoms with E-state index in [0.717, 1.165) is 13.1 Å². The summed E-state index contributed by atoms with van der Waals surface area (Å²) in [6.45, 7) is 2.18. The van der Waals surface area contributed by atoms with Gasteiger partial charge >= 0.3 is 5.97 Å². The van der Waals surface area contributed by atoms with Gasteiger partial charge in [0, 0.05) is 26.7 Å². The van der Waals surface area contributed by atoms with Gasteiger partial charge in [-0.3, -0.25) is 14.5 Å². The van der Waals surface area contributed by atoms with Gasteiger partial charge in [-0.25, -0.2) is 0 Å². The van der Waals surface area contributed by atoms with Gasteiger partial charge < -0.3 is 14.7 Å². The highest BCUT2D eigenvalue weighted by molar-refractivity contribution is 5.84. The van der Waals surface area contributed by atoms with E-state index >= 15 is 0 Å². The van der Waals surface area contributed by atoms with Gasteiger partial charge in [0.25, 0.3) is 5.91 Å². The number of aliphatic carboxylic acids is 1. The summed E-state index contributed by atoms with van der Waals surface area (Å²) in [5.74, 6) is -1.31. The van der Waals surface area contributed by atoms with E-state index in [1.54, 1.807) is 0 Å². The third-order valence-electron chi connectivity index (χ3n) is 3.42. The maximum atomic E-state index is 12.1.